The van der Waals surface area contributed by atoms with E-state index in [1.54, 1.807) is 0 Å². The number of nitrogens with one attached hydrogen (secondary N) is 3. The van der Waals surface area contributed by atoms with Crippen LogP contribution in [-0.4, -0.2) is 38.2 Å². The number of rotatable bonds is 5. The van der Waals surface area contributed by atoms with Crippen molar-refractivity contribution in [2.75, 3.05) is 23.3 Å². The van der Waals surface area contributed by atoms with Crippen molar-refractivity contribution in [3.05, 3.63) is 66.5 Å². The smallest absolute Gasteiger partial charge is 0.159 e. The highest BCUT2D eigenvalue weighted by molar-refractivity contribution is 5.95. The van der Waals surface area contributed by atoms with Crippen LogP contribution in [0.25, 0.3) is 33.5 Å². The van der Waals surface area contributed by atoms with Gasteiger partial charge in [-0.05, 0) is 73.4 Å². The van der Waals surface area contributed by atoms with Crippen LogP contribution < -0.4 is 10.2 Å². The normalized spacial score (nSPS) is 14.3. The van der Waals surface area contributed by atoms with Crippen LogP contribution >= 0.6 is 0 Å². The van der Waals surface area contributed by atoms with Gasteiger partial charge in [0.2, 0.25) is 0 Å². The van der Waals surface area contributed by atoms with Gasteiger partial charge in [0.25, 0.3) is 0 Å². The number of pyridine rings is 1. The average Bonchev–Trinajstić information content (AvgIpc) is 3.47. The molecule has 5 aromatic rings. The summed E-state index contributed by atoms with van der Waals surface area (Å²) in [6.07, 6.45) is 7.49. The van der Waals surface area contributed by atoms with Crippen LogP contribution in [0.3, 0.4) is 0 Å². The van der Waals surface area contributed by atoms with E-state index in [0.717, 1.165) is 58.8 Å². The lowest BCUT2D eigenvalue weighted by Crippen LogP contribution is -2.29. The molecule has 0 spiro atoms. The minimum absolute atomic E-state index is 0.741. The van der Waals surface area contributed by atoms with Gasteiger partial charge in [-0.1, -0.05) is 0 Å². The van der Waals surface area contributed by atoms with Gasteiger partial charge in [0.1, 0.15) is 5.69 Å². The first-order valence-corrected chi connectivity index (χ1v) is 11.2. The summed E-state index contributed by atoms with van der Waals surface area (Å²) in [5.74, 6) is 0.785. The molecule has 0 saturated carbocycles. The third-order valence-corrected chi connectivity index (χ3v) is 6.22. The Morgan fingerprint density at radius 2 is 1.78 bits per heavy atom. The molecule has 1 fully saturated rings. The molecule has 7 nitrogen and oxygen atoms in total. The predicted octanol–water partition coefficient (Wildman–Crippen LogP) is 5.10. The molecule has 160 valence electrons. The number of hydrogen-bond donors (Lipinski definition) is 3. The summed E-state index contributed by atoms with van der Waals surface area (Å²) < 4.78 is 0. The largest absolute Gasteiger partial charge is 0.381 e. The predicted molar refractivity (Wildman–Crippen MR) is 129 cm³/mol. The van der Waals surface area contributed by atoms with E-state index >= 15 is 0 Å². The van der Waals surface area contributed by atoms with Crippen molar-refractivity contribution >= 4 is 33.3 Å². The van der Waals surface area contributed by atoms with E-state index in [4.69, 9.17) is 4.98 Å². The zero-order chi connectivity index (χ0) is 21.3. The molecule has 3 N–H and O–H groups in total. The Balaban J connectivity index is 1.30. The molecular weight excluding hydrogens is 398 g/mol. The Labute approximate surface area is 185 Å². The van der Waals surface area contributed by atoms with Crippen LogP contribution in [0, 0.1) is 0 Å². The summed E-state index contributed by atoms with van der Waals surface area (Å²) in [7, 11) is 0. The number of H-pyrrole nitrogens is 2. The summed E-state index contributed by atoms with van der Waals surface area (Å²) in [5.41, 5.74) is 7.33. The topological polar surface area (TPSA) is 85.5 Å². The number of aromatic nitrogens is 5. The molecule has 0 radical (unpaired) electrons. The van der Waals surface area contributed by atoms with Gasteiger partial charge in [0.15, 0.2) is 5.82 Å². The van der Waals surface area contributed by atoms with Gasteiger partial charge in [-0.25, -0.2) is 4.98 Å². The van der Waals surface area contributed by atoms with Gasteiger partial charge in [-0.2, -0.15) is 5.10 Å². The second-order valence-corrected chi connectivity index (χ2v) is 8.38. The van der Waals surface area contributed by atoms with Crippen LogP contribution in [0.15, 0.2) is 60.9 Å². The number of aromatic amines is 2. The molecule has 0 amide bonds. The highest BCUT2D eigenvalue weighted by atomic mass is 15.1. The van der Waals surface area contributed by atoms with Crippen LogP contribution in [0.2, 0.25) is 0 Å². The zero-order valence-corrected chi connectivity index (χ0v) is 17.8. The maximum atomic E-state index is 4.83. The van der Waals surface area contributed by atoms with E-state index in [1.807, 2.05) is 24.5 Å². The van der Waals surface area contributed by atoms with Crippen molar-refractivity contribution in [1.29, 1.82) is 0 Å². The first-order chi connectivity index (χ1) is 15.8. The van der Waals surface area contributed by atoms with E-state index in [0.29, 0.717) is 0 Å². The Kier molecular flexibility index (Phi) is 4.71. The van der Waals surface area contributed by atoms with E-state index in [1.165, 1.54) is 30.5 Å². The monoisotopic (exact) mass is 423 g/mol. The van der Waals surface area contributed by atoms with Gasteiger partial charge in [-0.15, -0.1) is 0 Å². The summed E-state index contributed by atoms with van der Waals surface area (Å²) in [4.78, 5) is 14.9. The average molecular weight is 424 g/mol. The SMILES string of the molecule is c1cc(CNc2ccc3[nH]nc(-c4nc5ccc(N6CCCCC6)cc5[nH]4)c3c2)ccn1. The molecule has 4 heterocycles. The fraction of sp³-hybridized carbons (Fsp3) is 0.240. The fourth-order valence-electron chi connectivity index (χ4n) is 4.47. The Hall–Kier alpha value is -3.87. The Morgan fingerprint density at radius 1 is 0.906 bits per heavy atom. The van der Waals surface area contributed by atoms with Crippen molar-refractivity contribution in [3.8, 4) is 11.5 Å². The van der Waals surface area contributed by atoms with Crippen molar-refractivity contribution in [3.63, 3.8) is 0 Å². The van der Waals surface area contributed by atoms with Crippen LogP contribution in [-0.2, 0) is 6.54 Å². The molecule has 0 bridgehead atoms. The number of imidazole rings is 1. The number of nitrogens with zero attached hydrogens (tertiary/aromatic N) is 4. The van der Waals surface area contributed by atoms with E-state index in [2.05, 4.69) is 66.8 Å². The molecule has 32 heavy (non-hydrogen) atoms. The number of anilines is 2. The summed E-state index contributed by atoms with van der Waals surface area (Å²) in [6.45, 7) is 3.00. The quantitative estimate of drug-likeness (QED) is 0.366. The minimum atomic E-state index is 0.741. The zero-order valence-electron chi connectivity index (χ0n) is 17.8. The highest BCUT2D eigenvalue weighted by Gasteiger charge is 2.15. The second-order valence-electron chi connectivity index (χ2n) is 8.38. The van der Waals surface area contributed by atoms with Crippen molar-refractivity contribution in [1.82, 2.24) is 25.1 Å². The van der Waals surface area contributed by atoms with Crippen LogP contribution in [0.5, 0.6) is 0 Å². The molecule has 1 aliphatic heterocycles. The molecular formula is C25H25N7. The number of hydrogen-bond acceptors (Lipinski definition) is 5. The minimum Gasteiger partial charge on any atom is -0.381 e. The van der Waals surface area contributed by atoms with Crippen molar-refractivity contribution in [2.45, 2.75) is 25.8 Å². The van der Waals surface area contributed by atoms with Gasteiger partial charge in [0, 0.05) is 48.8 Å². The van der Waals surface area contributed by atoms with Gasteiger partial charge in [0.05, 0.1) is 16.6 Å². The fourth-order valence-corrected chi connectivity index (χ4v) is 4.47. The lowest BCUT2D eigenvalue weighted by Gasteiger charge is -2.28. The molecule has 1 saturated heterocycles. The lowest BCUT2D eigenvalue weighted by atomic mass is 10.1. The number of piperidine rings is 1. The maximum Gasteiger partial charge on any atom is 0.159 e. The molecule has 3 aromatic heterocycles. The van der Waals surface area contributed by atoms with Gasteiger partial charge < -0.3 is 15.2 Å². The molecule has 0 aliphatic carbocycles. The van der Waals surface area contributed by atoms with Crippen molar-refractivity contribution < 1.29 is 0 Å². The summed E-state index contributed by atoms with van der Waals surface area (Å²) >= 11 is 0. The second kappa shape index (κ2) is 8.00. The molecule has 6 rings (SSSR count). The van der Waals surface area contributed by atoms with E-state index in [9.17, 15) is 0 Å². The Bertz CT molecular complexity index is 1360. The molecule has 0 unspecified atom stereocenters. The van der Waals surface area contributed by atoms with Crippen molar-refractivity contribution in [2.24, 2.45) is 0 Å². The third kappa shape index (κ3) is 3.56. The number of fused-ring (bicyclic) bond motifs is 2. The van der Waals surface area contributed by atoms with Gasteiger partial charge >= 0.3 is 0 Å². The summed E-state index contributed by atoms with van der Waals surface area (Å²) in [6, 6.07) is 16.8. The standard InChI is InChI=1S/C25H25N7/c1-2-12-32(13-3-1)19-5-7-22-23(15-19)29-25(28-22)24-20-14-18(4-6-21(20)30-31-24)27-16-17-8-10-26-11-9-17/h4-11,14-15,27H,1-3,12-13,16H2,(H,28,29)(H,30,31). The molecule has 1 aliphatic rings. The molecule has 7 heteroatoms. The lowest BCUT2D eigenvalue weighted by molar-refractivity contribution is 0.578. The van der Waals surface area contributed by atoms with E-state index < -0.39 is 0 Å². The Morgan fingerprint density at radius 3 is 2.66 bits per heavy atom. The van der Waals surface area contributed by atoms with Gasteiger partial charge in [-0.3, -0.25) is 10.1 Å². The first kappa shape index (κ1) is 18.9. The molecule has 2 aromatic carbocycles. The van der Waals surface area contributed by atoms with Crippen LogP contribution in [0.1, 0.15) is 24.8 Å². The van der Waals surface area contributed by atoms with Crippen LogP contribution in [0.4, 0.5) is 11.4 Å². The van der Waals surface area contributed by atoms with E-state index in [-0.39, 0.29) is 0 Å². The first-order valence-electron chi connectivity index (χ1n) is 11.2. The highest BCUT2D eigenvalue weighted by Crippen LogP contribution is 2.30. The number of benzene rings is 2. The maximum absolute atomic E-state index is 4.83. The third-order valence-electron chi connectivity index (χ3n) is 6.22. The summed E-state index contributed by atoms with van der Waals surface area (Å²) in [5, 5.41) is 12.2. The molecule has 0 atom stereocenters.